The average molecular weight is 195 g/mol. The zero-order valence-electron chi connectivity index (χ0n) is 9.11. The number of hydrogen-bond acceptors (Lipinski definition) is 2. The SMILES string of the molecule is CN(C(=O)C(C)(C)N)c1cccn1C. The van der Waals surface area contributed by atoms with E-state index in [0.29, 0.717) is 0 Å². The van der Waals surface area contributed by atoms with Gasteiger partial charge in [0.15, 0.2) is 0 Å². The summed E-state index contributed by atoms with van der Waals surface area (Å²) < 4.78 is 1.88. The molecule has 1 rings (SSSR count). The van der Waals surface area contributed by atoms with Gasteiger partial charge in [-0.15, -0.1) is 0 Å². The predicted octanol–water partition coefficient (Wildman–Crippen LogP) is 0.725. The molecule has 0 aliphatic carbocycles. The van der Waals surface area contributed by atoms with E-state index >= 15 is 0 Å². The van der Waals surface area contributed by atoms with Crippen molar-refractivity contribution >= 4 is 11.7 Å². The number of amides is 1. The molecule has 0 aliphatic heterocycles. The number of nitrogens with zero attached hydrogens (tertiary/aromatic N) is 2. The van der Waals surface area contributed by atoms with Crippen LogP contribution in [0.15, 0.2) is 18.3 Å². The maximum absolute atomic E-state index is 11.8. The number of anilines is 1. The van der Waals surface area contributed by atoms with E-state index in [0.717, 1.165) is 5.82 Å². The molecule has 1 heterocycles. The fourth-order valence-corrected chi connectivity index (χ4v) is 1.34. The summed E-state index contributed by atoms with van der Waals surface area (Å²) in [6, 6.07) is 3.77. The van der Waals surface area contributed by atoms with Crippen LogP contribution in [-0.2, 0) is 11.8 Å². The van der Waals surface area contributed by atoms with Crippen molar-refractivity contribution in [3.8, 4) is 0 Å². The van der Waals surface area contributed by atoms with Crippen molar-refractivity contribution in [1.29, 1.82) is 0 Å². The Kier molecular flexibility index (Phi) is 2.66. The van der Waals surface area contributed by atoms with Crippen molar-refractivity contribution in [1.82, 2.24) is 4.57 Å². The summed E-state index contributed by atoms with van der Waals surface area (Å²) in [7, 11) is 3.62. The molecule has 2 N–H and O–H groups in total. The third-order valence-corrected chi connectivity index (χ3v) is 2.12. The molecule has 1 aromatic heterocycles. The normalized spacial score (nSPS) is 11.5. The fourth-order valence-electron chi connectivity index (χ4n) is 1.34. The number of aryl methyl sites for hydroxylation is 1. The van der Waals surface area contributed by atoms with Gasteiger partial charge in [-0.05, 0) is 26.0 Å². The van der Waals surface area contributed by atoms with Gasteiger partial charge in [0.1, 0.15) is 5.82 Å². The van der Waals surface area contributed by atoms with Crippen molar-refractivity contribution < 1.29 is 4.79 Å². The minimum Gasteiger partial charge on any atom is -0.337 e. The van der Waals surface area contributed by atoms with Crippen LogP contribution in [-0.4, -0.2) is 23.1 Å². The Morgan fingerprint density at radius 3 is 2.50 bits per heavy atom. The molecule has 0 aromatic carbocycles. The standard InChI is InChI=1S/C10H17N3O/c1-10(2,11)9(14)13(4)8-6-5-7-12(8)3/h5-7H,11H2,1-4H3. The second-order valence-corrected chi connectivity index (χ2v) is 4.06. The van der Waals surface area contributed by atoms with E-state index in [1.165, 1.54) is 0 Å². The Hall–Kier alpha value is -1.29. The van der Waals surface area contributed by atoms with Gasteiger partial charge in [-0.25, -0.2) is 0 Å². The van der Waals surface area contributed by atoms with E-state index in [9.17, 15) is 4.79 Å². The summed E-state index contributed by atoms with van der Waals surface area (Å²) in [5.41, 5.74) is 4.90. The van der Waals surface area contributed by atoms with E-state index in [4.69, 9.17) is 5.73 Å². The Balaban J connectivity index is 2.92. The van der Waals surface area contributed by atoms with Crippen molar-refractivity contribution in [2.75, 3.05) is 11.9 Å². The van der Waals surface area contributed by atoms with Crippen LogP contribution in [0.3, 0.4) is 0 Å². The smallest absolute Gasteiger partial charge is 0.247 e. The molecule has 78 valence electrons. The first-order chi connectivity index (χ1) is 6.34. The second-order valence-electron chi connectivity index (χ2n) is 4.06. The number of likely N-dealkylation sites (N-methyl/N-ethyl adjacent to an activating group) is 1. The Bertz CT molecular complexity index is 335. The molecule has 4 nitrogen and oxygen atoms in total. The first-order valence-electron chi connectivity index (χ1n) is 4.52. The summed E-state index contributed by atoms with van der Waals surface area (Å²) in [5, 5.41) is 0. The molecular formula is C10H17N3O. The molecule has 0 bridgehead atoms. The summed E-state index contributed by atoms with van der Waals surface area (Å²) in [4.78, 5) is 13.4. The van der Waals surface area contributed by atoms with Crippen molar-refractivity contribution in [2.24, 2.45) is 12.8 Å². The minimum absolute atomic E-state index is 0.0979. The lowest BCUT2D eigenvalue weighted by atomic mass is 10.1. The van der Waals surface area contributed by atoms with Gasteiger partial charge < -0.3 is 10.3 Å². The summed E-state index contributed by atoms with van der Waals surface area (Å²) >= 11 is 0. The molecular weight excluding hydrogens is 178 g/mol. The van der Waals surface area contributed by atoms with Crippen LogP contribution in [0.2, 0.25) is 0 Å². The predicted molar refractivity (Wildman–Crippen MR) is 57.1 cm³/mol. The molecule has 0 unspecified atom stereocenters. The molecule has 1 amide bonds. The van der Waals surface area contributed by atoms with Crippen LogP contribution >= 0.6 is 0 Å². The molecule has 0 atom stereocenters. The summed E-state index contributed by atoms with van der Waals surface area (Å²) in [5.74, 6) is 0.743. The quantitative estimate of drug-likeness (QED) is 0.756. The van der Waals surface area contributed by atoms with E-state index in [2.05, 4.69) is 0 Å². The first kappa shape index (κ1) is 10.8. The van der Waals surface area contributed by atoms with Gasteiger partial charge in [0.2, 0.25) is 5.91 Å². The maximum Gasteiger partial charge on any atom is 0.247 e. The van der Waals surface area contributed by atoms with Crippen LogP contribution in [0.5, 0.6) is 0 Å². The highest BCUT2D eigenvalue weighted by atomic mass is 16.2. The van der Waals surface area contributed by atoms with Crippen LogP contribution in [0.25, 0.3) is 0 Å². The molecule has 0 radical (unpaired) electrons. The second kappa shape index (κ2) is 3.46. The lowest BCUT2D eigenvalue weighted by molar-refractivity contribution is -0.122. The number of carbonyl (C=O) groups excluding carboxylic acids is 1. The highest BCUT2D eigenvalue weighted by Crippen LogP contribution is 2.15. The number of carbonyl (C=O) groups is 1. The van der Waals surface area contributed by atoms with E-state index in [1.807, 2.05) is 29.9 Å². The van der Waals surface area contributed by atoms with Crippen LogP contribution in [0, 0.1) is 0 Å². The summed E-state index contributed by atoms with van der Waals surface area (Å²) in [6.07, 6.45) is 1.89. The van der Waals surface area contributed by atoms with Crippen molar-refractivity contribution in [3.05, 3.63) is 18.3 Å². The Morgan fingerprint density at radius 2 is 2.14 bits per heavy atom. The average Bonchev–Trinajstić information content (AvgIpc) is 2.47. The molecule has 4 heteroatoms. The highest BCUT2D eigenvalue weighted by molar-refractivity contribution is 5.98. The van der Waals surface area contributed by atoms with Crippen LogP contribution in [0.1, 0.15) is 13.8 Å². The van der Waals surface area contributed by atoms with Gasteiger partial charge in [0.25, 0.3) is 0 Å². The molecule has 0 aliphatic rings. The lowest BCUT2D eigenvalue weighted by Gasteiger charge is -2.25. The van der Waals surface area contributed by atoms with E-state index in [-0.39, 0.29) is 5.91 Å². The molecule has 0 saturated carbocycles. The summed E-state index contributed by atoms with van der Waals surface area (Å²) in [6.45, 7) is 3.41. The molecule has 0 spiro atoms. The number of nitrogens with two attached hydrogens (primary N) is 1. The number of aromatic nitrogens is 1. The van der Waals surface area contributed by atoms with Gasteiger partial charge >= 0.3 is 0 Å². The van der Waals surface area contributed by atoms with Gasteiger partial charge in [-0.1, -0.05) is 0 Å². The fraction of sp³-hybridized carbons (Fsp3) is 0.500. The third kappa shape index (κ3) is 1.96. The molecule has 0 saturated heterocycles. The van der Waals surface area contributed by atoms with Gasteiger partial charge in [-0.3, -0.25) is 9.69 Å². The van der Waals surface area contributed by atoms with Crippen molar-refractivity contribution in [3.63, 3.8) is 0 Å². The van der Waals surface area contributed by atoms with E-state index in [1.54, 1.807) is 25.8 Å². The molecule has 14 heavy (non-hydrogen) atoms. The zero-order valence-corrected chi connectivity index (χ0v) is 9.11. The van der Waals surface area contributed by atoms with Gasteiger partial charge in [-0.2, -0.15) is 0 Å². The Morgan fingerprint density at radius 1 is 1.57 bits per heavy atom. The number of hydrogen-bond donors (Lipinski definition) is 1. The first-order valence-corrected chi connectivity index (χ1v) is 4.52. The largest absolute Gasteiger partial charge is 0.337 e. The Labute approximate surface area is 84.3 Å². The lowest BCUT2D eigenvalue weighted by Crippen LogP contribution is -2.50. The van der Waals surface area contributed by atoms with E-state index < -0.39 is 5.54 Å². The van der Waals surface area contributed by atoms with Gasteiger partial charge in [0, 0.05) is 20.3 Å². The van der Waals surface area contributed by atoms with Crippen molar-refractivity contribution in [2.45, 2.75) is 19.4 Å². The minimum atomic E-state index is -0.834. The van der Waals surface area contributed by atoms with Crippen LogP contribution < -0.4 is 10.6 Å². The topological polar surface area (TPSA) is 51.3 Å². The zero-order chi connectivity index (χ0) is 10.9. The highest BCUT2D eigenvalue weighted by Gasteiger charge is 2.27. The monoisotopic (exact) mass is 195 g/mol. The molecule has 1 aromatic rings. The van der Waals surface area contributed by atoms with Crippen LogP contribution in [0.4, 0.5) is 5.82 Å². The van der Waals surface area contributed by atoms with Gasteiger partial charge in [0.05, 0.1) is 5.54 Å². The maximum atomic E-state index is 11.8. The number of rotatable bonds is 2. The third-order valence-electron chi connectivity index (χ3n) is 2.12. The molecule has 0 fully saturated rings.